The van der Waals surface area contributed by atoms with Crippen molar-refractivity contribution in [1.29, 1.82) is 0 Å². The molecule has 2 rings (SSSR count). The summed E-state index contributed by atoms with van der Waals surface area (Å²) in [6, 6.07) is 5.00. The highest BCUT2D eigenvalue weighted by atomic mass is 16.5. The van der Waals surface area contributed by atoms with E-state index in [0.29, 0.717) is 11.5 Å². The van der Waals surface area contributed by atoms with Gasteiger partial charge in [0.05, 0.1) is 26.7 Å². The normalized spacial score (nSPS) is 17.9. The summed E-state index contributed by atoms with van der Waals surface area (Å²) in [5, 5.41) is 8.81. The Morgan fingerprint density at radius 3 is 2.68 bits per heavy atom. The van der Waals surface area contributed by atoms with Crippen LogP contribution in [0.5, 0.6) is 11.5 Å². The standard InChI is InChI=1S/C13H15NO5/c1-18-8-3-4-11(19-2)9(5-8)10-6-12(15)14(10)7-13(16)17/h3-5,10H,6-7H2,1-2H3,(H,16,17). The van der Waals surface area contributed by atoms with Gasteiger partial charge in [0, 0.05) is 5.56 Å². The fourth-order valence-electron chi connectivity index (χ4n) is 2.18. The van der Waals surface area contributed by atoms with E-state index < -0.39 is 5.97 Å². The van der Waals surface area contributed by atoms with E-state index in [1.807, 2.05) is 0 Å². The fourth-order valence-corrected chi connectivity index (χ4v) is 2.18. The first-order chi connectivity index (χ1) is 9.06. The van der Waals surface area contributed by atoms with Crippen LogP contribution in [-0.2, 0) is 9.59 Å². The van der Waals surface area contributed by atoms with Crippen molar-refractivity contribution in [2.75, 3.05) is 20.8 Å². The van der Waals surface area contributed by atoms with Crippen molar-refractivity contribution in [3.8, 4) is 11.5 Å². The molecule has 0 aliphatic carbocycles. The molecule has 1 aliphatic heterocycles. The second-order valence-electron chi connectivity index (χ2n) is 4.24. The average Bonchev–Trinajstić information content (AvgIpc) is 2.41. The maximum atomic E-state index is 11.5. The third-order valence-corrected chi connectivity index (χ3v) is 3.17. The fraction of sp³-hybridized carbons (Fsp3) is 0.385. The van der Waals surface area contributed by atoms with Crippen LogP contribution in [-0.4, -0.2) is 42.6 Å². The van der Waals surface area contributed by atoms with E-state index in [0.717, 1.165) is 5.56 Å². The van der Waals surface area contributed by atoms with Crippen molar-refractivity contribution in [3.05, 3.63) is 23.8 Å². The van der Waals surface area contributed by atoms with Gasteiger partial charge in [0.1, 0.15) is 18.0 Å². The highest BCUT2D eigenvalue weighted by Crippen LogP contribution is 2.40. The van der Waals surface area contributed by atoms with E-state index in [1.165, 1.54) is 12.0 Å². The number of ether oxygens (including phenoxy) is 2. The highest BCUT2D eigenvalue weighted by molar-refractivity contribution is 5.87. The predicted octanol–water partition coefficient (Wildman–Crippen LogP) is 1.06. The molecule has 1 fully saturated rings. The largest absolute Gasteiger partial charge is 0.497 e. The van der Waals surface area contributed by atoms with Crippen LogP contribution < -0.4 is 9.47 Å². The van der Waals surface area contributed by atoms with Crippen LogP contribution in [0.4, 0.5) is 0 Å². The molecule has 19 heavy (non-hydrogen) atoms. The number of carbonyl (C=O) groups is 2. The van der Waals surface area contributed by atoms with Crippen LogP contribution in [0.1, 0.15) is 18.0 Å². The minimum Gasteiger partial charge on any atom is -0.497 e. The van der Waals surface area contributed by atoms with Crippen LogP contribution >= 0.6 is 0 Å². The van der Waals surface area contributed by atoms with Gasteiger partial charge in [-0.3, -0.25) is 9.59 Å². The maximum Gasteiger partial charge on any atom is 0.323 e. The lowest BCUT2D eigenvalue weighted by Crippen LogP contribution is -2.48. The molecule has 1 aromatic rings. The lowest BCUT2D eigenvalue weighted by molar-refractivity contribution is -0.155. The van der Waals surface area contributed by atoms with Crippen LogP contribution in [0.25, 0.3) is 0 Å². The molecule has 0 saturated carbocycles. The third kappa shape index (κ3) is 2.47. The highest BCUT2D eigenvalue weighted by Gasteiger charge is 2.39. The van der Waals surface area contributed by atoms with Crippen LogP contribution in [0.15, 0.2) is 18.2 Å². The quantitative estimate of drug-likeness (QED) is 0.806. The van der Waals surface area contributed by atoms with Crippen molar-refractivity contribution < 1.29 is 24.2 Å². The number of carboxylic acids is 1. The third-order valence-electron chi connectivity index (χ3n) is 3.17. The Morgan fingerprint density at radius 2 is 2.16 bits per heavy atom. The number of hydrogen-bond donors (Lipinski definition) is 1. The smallest absolute Gasteiger partial charge is 0.323 e. The van der Waals surface area contributed by atoms with Crippen LogP contribution in [0.3, 0.4) is 0 Å². The molecule has 0 spiro atoms. The van der Waals surface area contributed by atoms with Crippen molar-refractivity contribution in [2.24, 2.45) is 0 Å². The van der Waals surface area contributed by atoms with Gasteiger partial charge in [-0.05, 0) is 18.2 Å². The Hall–Kier alpha value is -2.24. The van der Waals surface area contributed by atoms with Gasteiger partial charge in [0.15, 0.2) is 0 Å². The van der Waals surface area contributed by atoms with Gasteiger partial charge in [0.25, 0.3) is 0 Å². The van der Waals surface area contributed by atoms with E-state index >= 15 is 0 Å². The van der Waals surface area contributed by atoms with Gasteiger partial charge in [-0.2, -0.15) is 0 Å². The zero-order valence-electron chi connectivity index (χ0n) is 10.8. The number of nitrogens with zero attached hydrogens (tertiary/aromatic N) is 1. The molecule has 1 unspecified atom stereocenters. The second-order valence-corrected chi connectivity index (χ2v) is 4.24. The molecule has 1 aromatic carbocycles. The molecule has 6 heteroatoms. The predicted molar refractivity (Wildman–Crippen MR) is 66.3 cm³/mol. The summed E-state index contributed by atoms with van der Waals surface area (Å²) in [5.41, 5.74) is 0.766. The van der Waals surface area contributed by atoms with Crippen LogP contribution in [0, 0.1) is 0 Å². The Bertz CT molecular complexity index is 514. The molecule has 0 bridgehead atoms. The van der Waals surface area contributed by atoms with Gasteiger partial charge < -0.3 is 19.5 Å². The summed E-state index contributed by atoms with van der Waals surface area (Å²) in [6.07, 6.45) is 0.288. The zero-order valence-corrected chi connectivity index (χ0v) is 10.8. The lowest BCUT2D eigenvalue weighted by Gasteiger charge is -2.40. The molecule has 1 saturated heterocycles. The summed E-state index contributed by atoms with van der Waals surface area (Å²) < 4.78 is 10.4. The van der Waals surface area contributed by atoms with Gasteiger partial charge in [-0.25, -0.2) is 0 Å². The van der Waals surface area contributed by atoms with Crippen molar-refractivity contribution in [2.45, 2.75) is 12.5 Å². The lowest BCUT2D eigenvalue weighted by atomic mass is 9.93. The molecule has 1 heterocycles. The van der Waals surface area contributed by atoms with Crippen molar-refractivity contribution >= 4 is 11.9 Å². The number of likely N-dealkylation sites (tertiary alicyclic amines) is 1. The Kier molecular flexibility index (Phi) is 3.59. The minimum atomic E-state index is -1.03. The maximum absolute atomic E-state index is 11.5. The van der Waals surface area contributed by atoms with Gasteiger partial charge in [0.2, 0.25) is 5.91 Å². The first-order valence-corrected chi connectivity index (χ1v) is 5.80. The molecular formula is C13H15NO5. The number of hydrogen-bond acceptors (Lipinski definition) is 4. The number of rotatable bonds is 5. The summed E-state index contributed by atoms with van der Waals surface area (Å²) in [7, 11) is 3.08. The number of methoxy groups -OCH3 is 2. The Labute approximate surface area is 110 Å². The number of β-lactam (4-membered cyclic amide) rings is 1. The van der Waals surface area contributed by atoms with E-state index in [9.17, 15) is 9.59 Å². The molecule has 6 nitrogen and oxygen atoms in total. The SMILES string of the molecule is COc1ccc(OC)c(C2CC(=O)N2CC(=O)O)c1. The number of aliphatic carboxylic acids is 1. The van der Waals surface area contributed by atoms with E-state index in [4.69, 9.17) is 14.6 Å². The average molecular weight is 265 g/mol. The van der Waals surface area contributed by atoms with E-state index in [1.54, 1.807) is 25.3 Å². The first-order valence-electron chi connectivity index (χ1n) is 5.80. The molecule has 1 aliphatic rings. The summed E-state index contributed by atoms with van der Waals surface area (Å²) in [4.78, 5) is 23.6. The minimum absolute atomic E-state index is 0.169. The summed E-state index contributed by atoms with van der Waals surface area (Å²) >= 11 is 0. The number of benzene rings is 1. The molecular weight excluding hydrogens is 250 g/mol. The molecule has 0 aromatic heterocycles. The first kappa shape index (κ1) is 13.2. The van der Waals surface area contributed by atoms with Gasteiger partial charge in [-0.1, -0.05) is 0 Å². The monoisotopic (exact) mass is 265 g/mol. The molecule has 102 valence electrons. The topological polar surface area (TPSA) is 76.1 Å². The summed E-state index contributed by atoms with van der Waals surface area (Å²) in [5.74, 6) is 0.0660. The molecule has 0 radical (unpaired) electrons. The zero-order chi connectivity index (χ0) is 14.0. The van der Waals surface area contributed by atoms with E-state index in [2.05, 4.69) is 0 Å². The van der Waals surface area contributed by atoms with Crippen molar-refractivity contribution in [3.63, 3.8) is 0 Å². The second kappa shape index (κ2) is 5.17. The molecule has 1 amide bonds. The molecule has 1 N–H and O–H groups in total. The van der Waals surface area contributed by atoms with Gasteiger partial charge >= 0.3 is 5.97 Å². The Balaban J connectivity index is 2.30. The number of amides is 1. The number of carboxylic acid groups (broad SMARTS) is 1. The number of carbonyl (C=O) groups excluding carboxylic acids is 1. The van der Waals surface area contributed by atoms with E-state index in [-0.39, 0.29) is 24.9 Å². The molecule has 1 atom stereocenters. The van der Waals surface area contributed by atoms with Gasteiger partial charge in [-0.15, -0.1) is 0 Å². The summed E-state index contributed by atoms with van der Waals surface area (Å²) in [6.45, 7) is -0.302. The van der Waals surface area contributed by atoms with Crippen LogP contribution in [0.2, 0.25) is 0 Å². The van der Waals surface area contributed by atoms with Crippen molar-refractivity contribution in [1.82, 2.24) is 4.90 Å². The Morgan fingerprint density at radius 1 is 1.42 bits per heavy atom.